The molecular formula is C19H28N6S. The zero-order valence-electron chi connectivity index (χ0n) is 15.3. The van der Waals surface area contributed by atoms with Crippen molar-refractivity contribution in [2.75, 3.05) is 26.2 Å². The van der Waals surface area contributed by atoms with Gasteiger partial charge in [0.2, 0.25) is 0 Å². The Morgan fingerprint density at radius 2 is 1.88 bits per heavy atom. The topological polar surface area (TPSA) is 50.1 Å². The summed E-state index contributed by atoms with van der Waals surface area (Å²) in [5, 5.41) is 15.3. The summed E-state index contributed by atoms with van der Waals surface area (Å²) in [5.74, 6) is 1.06. The van der Waals surface area contributed by atoms with Crippen molar-refractivity contribution in [3.8, 4) is 0 Å². The maximum Gasteiger partial charge on any atom is 0.174 e. The van der Waals surface area contributed by atoms with Crippen molar-refractivity contribution in [1.82, 2.24) is 30.0 Å². The number of piperazine rings is 1. The third-order valence-corrected chi connectivity index (χ3v) is 7.40. The Bertz CT molecular complexity index is 707. The highest BCUT2D eigenvalue weighted by Crippen LogP contribution is 2.36. The fourth-order valence-electron chi connectivity index (χ4n) is 5.13. The number of hydrogen-bond donors (Lipinski definition) is 0. The number of nitrogens with zero attached hydrogens (tertiary/aromatic N) is 6. The van der Waals surface area contributed by atoms with Crippen molar-refractivity contribution in [3.05, 3.63) is 28.2 Å². The Labute approximate surface area is 159 Å². The lowest BCUT2D eigenvalue weighted by Crippen LogP contribution is -2.51. The molecule has 3 aliphatic rings. The largest absolute Gasteiger partial charge is 0.298 e. The van der Waals surface area contributed by atoms with Gasteiger partial charge in [-0.3, -0.25) is 9.80 Å². The summed E-state index contributed by atoms with van der Waals surface area (Å²) in [5.41, 5.74) is 0. The summed E-state index contributed by atoms with van der Waals surface area (Å²) in [4.78, 5) is 6.69. The fraction of sp³-hybridized carbons (Fsp3) is 0.737. The highest BCUT2D eigenvalue weighted by atomic mass is 32.1. The molecule has 2 aliphatic heterocycles. The van der Waals surface area contributed by atoms with Crippen LogP contribution in [0.25, 0.3) is 0 Å². The van der Waals surface area contributed by atoms with Crippen molar-refractivity contribution in [3.63, 3.8) is 0 Å². The van der Waals surface area contributed by atoms with E-state index in [1.165, 1.54) is 62.9 Å². The first-order valence-electron chi connectivity index (χ1n) is 10.2. The molecule has 26 heavy (non-hydrogen) atoms. The Morgan fingerprint density at radius 3 is 2.73 bits per heavy atom. The SMILES string of the molecule is c1csc(C(c2nnnn2C2CCCCC2)N2CCN3CCCC3C2)c1. The standard InChI is InChI=1S/C19H28N6S/c1-2-6-15(7-3-1)25-19(20-21-22-25)18(17-9-5-13-26-17)24-12-11-23-10-4-8-16(23)14-24/h5,9,13,15-16,18H,1-4,6-8,10-12,14H2. The molecule has 0 aromatic carbocycles. The number of thiophene rings is 1. The average molecular weight is 373 g/mol. The van der Waals surface area contributed by atoms with Gasteiger partial charge in [0.25, 0.3) is 0 Å². The molecule has 2 aromatic rings. The number of tetrazole rings is 1. The second-order valence-corrected chi connectivity index (χ2v) is 9.00. The van der Waals surface area contributed by atoms with Gasteiger partial charge < -0.3 is 0 Å². The number of fused-ring (bicyclic) bond motifs is 1. The van der Waals surface area contributed by atoms with E-state index in [9.17, 15) is 0 Å². The molecule has 1 saturated carbocycles. The molecule has 7 heteroatoms. The van der Waals surface area contributed by atoms with E-state index in [2.05, 4.69) is 47.5 Å². The molecule has 2 aromatic heterocycles. The van der Waals surface area contributed by atoms with E-state index in [0.717, 1.165) is 18.9 Å². The minimum Gasteiger partial charge on any atom is -0.298 e. The van der Waals surface area contributed by atoms with Gasteiger partial charge in [0.15, 0.2) is 5.82 Å². The van der Waals surface area contributed by atoms with E-state index in [0.29, 0.717) is 12.1 Å². The fourth-order valence-corrected chi connectivity index (χ4v) is 5.99. The second-order valence-electron chi connectivity index (χ2n) is 8.02. The van der Waals surface area contributed by atoms with Crippen LogP contribution in [-0.2, 0) is 0 Å². The minimum atomic E-state index is 0.203. The zero-order valence-corrected chi connectivity index (χ0v) is 16.2. The average Bonchev–Trinajstić information content (AvgIpc) is 3.44. The molecule has 140 valence electrons. The van der Waals surface area contributed by atoms with Crippen molar-refractivity contribution < 1.29 is 0 Å². The molecule has 0 N–H and O–H groups in total. The predicted octanol–water partition coefficient (Wildman–Crippen LogP) is 3.11. The molecule has 0 radical (unpaired) electrons. The van der Waals surface area contributed by atoms with Crippen molar-refractivity contribution in [1.29, 1.82) is 0 Å². The molecule has 6 nitrogen and oxygen atoms in total. The van der Waals surface area contributed by atoms with Gasteiger partial charge in [-0.15, -0.1) is 16.4 Å². The van der Waals surface area contributed by atoms with Crippen molar-refractivity contribution >= 4 is 11.3 Å². The van der Waals surface area contributed by atoms with E-state index < -0.39 is 0 Å². The molecule has 0 spiro atoms. The third kappa shape index (κ3) is 3.10. The van der Waals surface area contributed by atoms with E-state index in [1.807, 2.05) is 11.3 Å². The van der Waals surface area contributed by atoms with Gasteiger partial charge in [-0.1, -0.05) is 25.3 Å². The van der Waals surface area contributed by atoms with Crippen LogP contribution in [-0.4, -0.2) is 62.2 Å². The number of hydrogen-bond acceptors (Lipinski definition) is 6. The van der Waals surface area contributed by atoms with Crippen LogP contribution >= 0.6 is 11.3 Å². The molecule has 2 atom stereocenters. The van der Waals surface area contributed by atoms with Crippen LogP contribution in [0.1, 0.15) is 67.7 Å². The Balaban J connectivity index is 1.47. The third-order valence-electron chi connectivity index (χ3n) is 6.48. The molecule has 1 aliphatic carbocycles. The van der Waals surface area contributed by atoms with Gasteiger partial charge >= 0.3 is 0 Å². The highest BCUT2D eigenvalue weighted by molar-refractivity contribution is 7.10. The van der Waals surface area contributed by atoms with Crippen LogP contribution in [0.15, 0.2) is 17.5 Å². The Kier molecular flexibility index (Phi) is 4.77. The molecular weight excluding hydrogens is 344 g/mol. The summed E-state index contributed by atoms with van der Waals surface area (Å²) in [6, 6.07) is 5.81. The van der Waals surface area contributed by atoms with Gasteiger partial charge in [-0.2, -0.15) is 0 Å². The molecule has 0 bridgehead atoms. The van der Waals surface area contributed by atoms with Crippen LogP contribution in [0.5, 0.6) is 0 Å². The monoisotopic (exact) mass is 372 g/mol. The lowest BCUT2D eigenvalue weighted by molar-refractivity contribution is 0.0792. The van der Waals surface area contributed by atoms with E-state index in [-0.39, 0.29) is 6.04 Å². The maximum absolute atomic E-state index is 4.56. The smallest absolute Gasteiger partial charge is 0.174 e. The summed E-state index contributed by atoms with van der Waals surface area (Å²) in [6.45, 7) is 4.70. The normalized spacial score (nSPS) is 26.8. The first-order chi connectivity index (χ1) is 12.9. The van der Waals surface area contributed by atoms with Crippen molar-refractivity contribution in [2.24, 2.45) is 0 Å². The van der Waals surface area contributed by atoms with Gasteiger partial charge in [-0.25, -0.2) is 4.68 Å². The molecule has 4 heterocycles. The quantitative estimate of drug-likeness (QED) is 0.825. The zero-order chi connectivity index (χ0) is 17.3. The Hall–Kier alpha value is -1.31. The van der Waals surface area contributed by atoms with Crippen LogP contribution in [0.3, 0.4) is 0 Å². The first-order valence-corrected chi connectivity index (χ1v) is 11.1. The number of rotatable bonds is 4. The van der Waals surface area contributed by atoms with Gasteiger partial charge in [-0.05, 0) is 54.1 Å². The summed E-state index contributed by atoms with van der Waals surface area (Å²) < 4.78 is 2.17. The second kappa shape index (κ2) is 7.37. The summed E-state index contributed by atoms with van der Waals surface area (Å²) >= 11 is 1.84. The van der Waals surface area contributed by atoms with Crippen LogP contribution < -0.4 is 0 Å². The summed E-state index contributed by atoms with van der Waals surface area (Å²) in [7, 11) is 0. The van der Waals surface area contributed by atoms with E-state index in [1.54, 1.807) is 0 Å². The van der Waals surface area contributed by atoms with Crippen LogP contribution in [0.2, 0.25) is 0 Å². The molecule has 2 unspecified atom stereocenters. The van der Waals surface area contributed by atoms with Crippen LogP contribution in [0.4, 0.5) is 0 Å². The highest BCUT2D eigenvalue weighted by Gasteiger charge is 2.37. The van der Waals surface area contributed by atoms with Gasteiger partial charge in [0, 0.05) is 30.6 Å². The molecule has 0 amide bonds. The van der Waals surface area contributed by atoms with E-state index >= 15 is 0 Å². The lowest BCUT2D eigenvalue weighted by atomic mass is 9.95. The molecule has 3 fully saturated rings. The predicted molar refractivity (Wildman–Crippen MR) is 102 cm³/mol. The maximum atomic E-state index is 4.56. The summed E-state index contributed by atoms with van der Waals surface area (Å²) in [6.07, 6.45) is 9.06. The molecule has 2 saturated heterocycles. The van der Waals surface area contributed by atoms with Gasteiger partial charge in [0.05, 0.1) is 6.04 Å². The molecule has 5 rings (SSSR count). The lowest BCUT2D eigenvalue weighted by Gasteiger charge is -2.41. The van der Waals surface area contributed by atoms with Crippen molar-refractivity contribution in [2.45, 2.75) is 63.1 Å². The Morgan fingerprint density at radius 1 is 1.00 bits per heavy atom. The minimum absolute atomic E-state index is 0.203. The number of aromatic nitrogens is 4. The van der Waals surface area contributed by atoms with Gasteiger partial charge in [0.1, 0.15) is 6.04 Å². The van der Waals surface area contributed by atoms with Crippen LogP contribution in [0, 0.1) is 0 Å². The first kappa shape index (κ1) is 16.8. The van der Waals surface area contributed by atoms with E-state index in [4.69, 9.17) is 0 Å².